The molecule has 112 heavy (non-hydrogen) atoms. The first-order chi connectivity index (χ1) is 53.7. The van der Waals surface area contributed by atoms with E-state index >= 15 is 0 Å². The van der Waals surface area contributed by atoms with Crippen molar-refractivity contribution in [1.82, 2.24) is 129 Å². The monoisotopic (exact) mass is 1580 g/mol. The summed E-state index contributed by atoms with van der Waals surface area (Å²) in [6, 6.07) is 9.18. The lowest BCUT2D eigenvalue weighted by molar-refractivity contribution is 0.174. The second-order valence-electron chi connectivity index (χ2n) is 34.3. The molecule has 31 heteroatoms. The Hall–Kier alpha value is -4.87. The molecule has 8 amide bonds. The van der Waals surface area contributed by atoms with E-state index in [0.717, 1.165) is 231 Å². The van der Waals surface area contributed by atoms with Crippen LogP contribution in [0.25, 0.3) is 0 Å². The topological polar surface area (TPSA) is 334 Å². The van der Waals surface area contributed by atoms with Crippen LogP contribution in [-0.4, -0.2) is 366 Å². The molecular weight excluding hydrogens is 1420 g/mol. The zero-order valence-corrected chi connectivity index (χ0v) is 71.7. The van der Waals surface area contributed by atoms with Crippen LogP contribution in [0.1, 0.15) is 187 Å². The van der Waals surface area contributed by atoms with Gasteiger partial charge < -0.3 is 125 Å². The van der Waals surface area contributed by atoms with Gasteiger partial charge in [0.15, 0.2) is 0 Å². The molecule has 1 aromatic heterocycles. The van der Waals surface area contributed by atoms with Crippen molar-refractivity contribution in [3.8, 4) is 0 Å². The Balaban J connectivity index is 0.000000207. The number of likely N-dealkylation sites (tertiary alicyclic amines) is 7. The minimum absolute atomic E-state index is 0. The van der Waals surface area contributed by atoms with Gasteiger partial charge in [0.25, 0.3) is 0 Å². The molecule has 17 N–H and O–H groups in total. The van der Waals surface area contributed by atoms with Gasteiger partial charge in [-0.05, 0) is 311 Å². The summed E-state index contributed by atoms with van der Waals surface area (Å²) in [7, 11) is 28.8. The summed E-state index contributed by atoms with van der Waals surface area (Å²) in [5.74, 6) is 1.37. The second-order valence-corrected chi connectivity index (χ2v) is 34.3. The Kier molecular flexibility index (Phi) is 45.8. The van der Waals surface area contributed by atoms with Gasteiger partial charge in [-0.25, -0.2) is 29.1 Å². The van der Waals surface area contributed by atoms with Crippen molar-refractivity contribution in [3.63, 3.8) is 0 Å². The molecule has 13 rings (SSSR count). The van der Waals surface area contributed by atoms with Gasteiger partial charge in [-0.2, -0.15) is 4.98 Å². The molecular formula is C81H165N27O4. The molecule has 7 aliphatic heterocycles. The van der Waals surface area contributed by atoms with Crippen molar-refractivity contribution < 1.29 is 19.2 Å². The van der Waals surface area contributed by atoms with Gasteiger partial charge in [0.1, 0.15) is 6.33 Å². The van der Waals surface area contributed by atoms with Crippen LogP contribution in [0.3, 0.4) is 0 Å². The van der Waals surface area contributed by atoms with E-state index in [1.807, 2.05) is 59.1 Å². The molecule has 7 saturated heterocycles. The van der Waals surface area contributed by atoms with E-state index in [2.05, 4.69) is 179 Å². The zero-order chi connectivity index (χ0) is 79.9. The second kappa shape index (κ2) is 53.5. The highest BCUT2D eigenvalue weighted by Gasteiger charge is 2.32. The molecule has 31 nitrogen and oxygen atoms in total. The Bertz CT molecular complexity index is 2630. The lowest BCUT2D eigenvalue weighted by Gasteiger charge is -2.32. The van der Waals surface area contributed by atoms with Gasteiger partial charge in [0.05, 0.1) is 0 Å². The molecule has 0 radical (unpaired) electrons. The summed E-state index contributed by atoms with van der Waals surface area (Å²) < 4.78 is 0. The number of nitrogens with zero attached hydrogens (tertiary/aromatic N) is 10. The van der Waals surface area contributed by atoms with Gasteiger partial charge >= 0.3 is 24.1 Å². The minimum Gasteiger partial charge on any atom is -0.351 e. The largest absolute Gasteiger partial charge is 0.351 e. The maximum absolute atomic E-state index is 12.0. The lowest BCUT2D eigenvalue weighted by atomic mass is 9.91. The molecule has 0 unspecified atom stereocenters. The minimum atomic E-state index is 0. The third-order valence-corrected chi connectivity index (χ3v) is 25.8. The van der Waals surface area contributed by atoms with Crippen LogP contribution in [0.5, 0.6) is 0 Å². The number of anilines is 2. The molecule has 12 aliphatic rings. The van der Waals surface area contributed by atoms with Crippen molar-refractivity contribution in [2.24, 2.45) is 0 Å². The summed E-state index contributed by atoms with van der Waals surface area (Å²) in [6.07, 6.45) is 34.0. The van der Waals surface area contributed by atoms with E-state index in [1.165, 1.54) is 58.0 Å². The predicted octanol–water partition coefficient (Wildman–Crippen LogP) is 3.86. The van der Waals surface area contributed by atoms with Crippen molar-refractivity contribution in [3.05, 3.63) is 6.33 Å². The summed E-state index contributed by atoms with van der Waals surface area (Å²) >= 11 is 0. The number of nitrogens with one attached hydrogen (secondary N) is 17. The fourth-order valence-electron chi connectivity index (χ4n) is 17.9. The summed E-state index contributed by atoms with van der Waals surface area (Å²) in [6.45, 7) is 14.3. The number of piperidine rings is 1. The molecule has 648 valence electrons. The molecule has 5 saturated carbocycles. The first kappa shape index (κ1) is 96.0. The predicted molar refractivity (Wildman–Crippen MR) is 460 cm³/mol. The number of carbonyl (C=O) groups is 4. The number of hydrogen-bond acceptors (Lipinski definition) is 23. The van der Waals surface area contributed by atoms with E-state index < -0.39 is 0 Å². The van der Waals surface area contributed by atoms with E-state index in [1.54, 1.807) is 6.33 Å². The van der Waals surface area contributed by atoms with Crippen molar-refractivity contribution in [2.75, 3.05) is 201 Å². The van der Waals surface area contributed by atoms with E-state index in [0.29, 0.717) is 96.5 Å². The molecule has 0 spiro atoms. The number of rotatable bonds is 19. The SMILES string of the molecule is C.CNC1CCC(NC(=O)NC2CCC(NC)CC2)CC1.CNC1CCC(NC(=O)N[C@H]2CCN(C)C2)CC1.CNC1CCC(NC)CC1.CNC1CCC(Nc2ncnc(N[C@@H]3CCN(C)C3)n2)CC1.CNC1CCN(C(=O)N[C@@H]2CCN(C)C2)CC1.CN[C@@H]1CCN(C(=O)N[C@@H]2CCN(C)C2)C1.CN[C@@H]1CCN(C)C1. The van der Waals surface area contributed by atoms with E-state index in [9.17, 15) is 19.2 Å². The quantitative estimate of drug-likeness (QED) is 0.0935. The molecule has 12 fully saturated rings. The molecule has 0 bridgehead atoms. The highest BCUT2D eigenvalue weighted by molar-refractivity contribution is 5.76. The van der Waals surface area contributed by atoms with Crippen LogP contribution in [-0.2, 0) is 0 Å². The van der Waals surface area contributed by atoms with Crippen LogP contribution < -0.4 is 90.4 Å². The molecule has 0 aromatic carbocycles. The standard InChI is InChI=1S/C15H27N7.C15H30N4O.C13H26N4O.C12H24N4O.C11H22N4O.C8H18N2.C6H14N2.CH4/c1-16-11-3-5-12(6-4-11)19-14-17-10-18-15(21-14)20-13-7-8-22(2)9-13;1-16-11-3-7-13(8-4-11)18-15(20)19-14-9-5-12(17-2)6-10-14;1-14-10-3-5-11(6-4-10)15-13(18)16-12-7-8-17(2)9-12;1-13-10-4-7-16(8-5-10)12(17)14-11-3-6-15(2)9-11;1-12-9-4-6-15(8-9)11(16)13-10-3-5-14(2)7-10;1-9-7-3-5-8(10-2)6-4-7;1-7-6-3-4-8(2)5-6;/h10-13,16H,3-9H2,1-2H3,(H2,17,18,19,20,21);11-14,16-17H,3-10H2,1-2H3,(H2,18,19,20);10-12,14H,3-9H2,1-2H3,(H2,15,16,18);10-11,13H,3-9H2,1-2H3,(H,14,17);9-10,12H,3-8H2,1-2H3,(H,13,16);7-10H,3-6H2,1-2H3;6-7H,3-5H2,1-2H3;1H4/t11?,12?,13-;;10?,11?,12-;11-;9-,10-;;6-;/m1.011.1./s1. The Morgan fingerprint density at radius 2 is 0.482 bits per heavy atom. The fourth-order valence-corrected chi connectivity index (χ4v) is 17.9. The van der Waals surface area contributed by atoms with Crippen LogP contribution in [0.15, 0.2) is 6.33 Å². The maximum Gasteiger partial charge on any atom is 0.317 e. The van der Waals surface area contributed by atoms with E-state index in [4.69, 9.17) is 0 Å². The Morgan fingerprint density at radius 1 is 0.259 bits per heavy atom. The molecule has 6 atom stereocenters. The third kappa shape index (κ3) is 36.3. The normalized spacial score (nSPS) is 31.2. The van der Waals surface area contributed by atoms with Gasteiger partial charge in [0, 0.05) is 162 Å². The number of carbonyl (C=O) groups excluding carboxylic acids is 4. The number of hydrogen-bond donors (Lipinski definition) is 17. The number of aromatic nitrogens is 3. The van der Waals surface area contributed by atoms with Crippen LogP contribution in [0, 0.1) is 0 Å². The molecule has 5 aliphatic carbocycles. The smallest absolute Gasteiger partial charge is 0.317 e. The maximum atomic E-state index is 12.0. The van der Waals surface area contributed by atoms with Gasteiger partial charge in [-0.3, -0.25) is 0 Å². The van der Waals surface area contributed by atoms with Crippen LogP contribution >= 0.6 is 0 Å². The summed E-state index contributed by atoms with van der Waals surface area (Å²) in [5, 5.41) is 55.3. The Morgan fingerprint density at radius 3 is 0.777 bits per heavy atom. The zero-order valence-electron chi connectivity index (χ0n) is 71.7. The lowest BCUT2D eigenvalue weighted by Crippen LogP contribution is -2.50. The third-order valence-electron chi connectivity index (χ3n) is 25.8. The van der Waals surface area contributed by atoms with Crippen molar-refractivity contribution in [2.45, 2.75) is 290 Å². The molecule has 8 heterocycles. The van der Waals surface area contributed by atoms with Crippen molar-refractivity contribution in [1.29, 1.82) is 0 Å². The highest BCUT2D eigenvalue weighted by Crippen LogP contribution is 2.25. The van der Waals surface area contributed by atoms with Gasteiger partial charge in [-0.1, -0.05) is 7.43 Å². The molecule has 1 aromatic rings. The average Bonchev–Trinajstić information content (AvgIpc) is 1.54. The van der Waals surface area contributed by atoms with Gasteiger partial charge in [0.2, 0.25) is 11.9 Å². The average molecular weight is 1580 g/mol. The van der Waals surface area contributed by atoms with Gasteiger partial charge in [-0.15, -0.1) is 0 Å². The van der Waals surface area contributed by atoms with E-state index in [-0.39, 0.29) is 31.6 Å². The van der Waals surface area contributed by atoms with Crippen LogP contribution in [0.4, 0.5) is 31.1 Å². The number of urea groups is 4. The highest BCUT2D eigenvalue weighted by atomic mass is 16.2. The fraction of sp³-hybridized carbons (Fsp3) is 0.914. The summed E-state index contributed by atoms with van der Waals surface area (Å²) in [4.78, 5) is 76.2. The van der Waals surface area contributed by atoms with Crippen LogP contribution in [0.2, 0.25) is 0 Å². The summed E-state index contributed by atoms with van der Waals surface area (Å²) in [5.41, 5.74) is 0. The Labute approximate surface area is 678 Å². The first-order valence-electron chi connectivity index (χ1n) is 43.6. The number of likely N-dealkylation sites (N-methyl/N-ethyl adjacent to an activating group) is 7. The number of amides is 8. The first-order valence-corrected chi connectivity index (χ1v) is 43.6. The van der Waals surface area contributed by atoms with Crippen molar-refractivity contribution >= 4 is 36.0 Å².